The van der Waals surface area contributed by atoms with E-state index < -0.39 is 16.4 Å². The van der Waals surface area contributed by atoms with Crippen LogP contribution in [-0.2, 0) is 28.6 Å². The predicted octanol–water partition coefficient (Wildman–Crippen LogP) is 11.6. The first kappa shape index (κ1) is 48.8. The monoisotopic (exact) mass is 657 g/mol. The Balaban J connectivity index is -0.000000757. The van der Waals surface area contributed by atoms with Crippen molar-refractivity contribution in [2.75, 3.05) is 0 Å². The summed E-state index contributed by atoms with van der Waals surface area (Å²) in [7, 11) is 0. The van der Waals surface area contributed by atoms with Gasteiger partial charge in [0.05, 0.1) is 16.2 Å². The lowest BCUT2D eigenvalue weighted by molar-refractivity contribution is -0.196. The molecule has 1 unspecified atom stereocenters. The highest BCUT2D eigenvalue weighted by Gasteiger charge is 2.54. The molecule has 0 spiro atoms. The van der Waals surface area contributed by atoms with Crippen LogP contribution in [0, 0.1) is 39.9 Å². The van der Waals surface area contributed by atoms with Crippen molar-refractivity contribution < 1.29 is 28.6 Å². The fourth-order valence-corrected chi connectivity index (χ4v) is 6.78. The molecule has 6 nitrogen and oxygen atoms in total. The molecule has 0 aromatic heterocycles. The van der Waals surface area contributed by atoms with Gasteiger partial charge in [-0.05, 0) is 144 Å². The molecule has 4 bridgehead atoms. The fourth-order valence-electron chi connectivity index (χ4n) is 6.78. The largest absolute Gasteiger partial charge is 0.462 e. The highest BCUT2D eigenvalue weighted by Crippen LogP contribution is 2.57. The van der Waals surface area contributed by atoms with E-state index in [1.807, 2.05) is 69.2 Å². The van der Waals surface area contributed by atoms with Crippen LogP contribution in [0.4, 0.5) is 0 Å². The second kappa shape index (κ2) is 18.2. The van der Waals surface area contributed by atoms with Crippen molar-refractivity contribution in [1.29, 1.82) is 0 Å². The molecular weight excluding hydrogens is 576 g/mol. The number of hydrogen-bond donors (Lipinski definition) is 0. The van der Waals surface area contributed by atoms with Crippen molar-refractivity contribution in [2.24, 2.45) is 39.9 Å². The topological polar surface area (TPSA) is 78.9 Å². The molecule has 276 valence electrons. The predicted molar refractivity (Wildman–Crippen MR) is 196 cm³/mol. The maximum absolute atomic E-state index is 12.4. The Labute approximate surface area is 287 Å². The van der Waals surface area contributed by atoms with E-state index in [9.17, 15) is 14.4 Å². The van der Waals surface area contributed by atoms with Crippen molar-refractivity contribution in [3.05, 3.63) is 0 Å². The third-order valence-electron chi connectivity index (χ3n) is 9.87. The minimum Gasteiger partial charge on any atom is -0.462 e. The van der Waals surface area contributed by atoms with E-state index in [1.165, 1.54) is 19.3 Å². The summed E-state index contributed by atoms with van der Waals surface area (Å²) in [4.78, 5) is 37.0. The van der Waals surface area contributed by atoms with Crippen molar-refractivity contribution in [3.8, 4) is 0 Å². The van der Waals surface area contributed by atoms with Gasteiger partial charge in [-0.15, -0.1) is 0 Å². The van der Waals surface area contributed by atoms with E-state index in [1.54, 1.807) is 0 Å². The minimum absolute atomic E-state index is 0. The van der Waals surface area contributed by atoms with Crippen molar-refractivity contribution in [1.82, 2.24) is 0 Å². The maximum atomic E-state index is 12.4. The van der Waals surface area contributed by atoms with Crippen LogP contribution in [0.1, 0.15) is 184 Å². The minimum atomic E-state index is -0.680. The molecule has 0 aromatic rings. The Bertz CT molecular complexity index is 901. The molecule has 4 aliphatic rings. The number of carbonyl (C=O) groups is 3. The summed E-state index contributed by atoms with van der Waals surface area (Å²) in [6.45, 7) is 25.3. The number of carbonyl (C=O) groups excluding carboxylic acids is 3. The average molecular weight is 657 g/mol. The molecule has 46 heavy (non-hydrogen) atoms. The van der Waals surface area contributed by atoms with Crippen LogP contribution in [0.2, 0.25) is 0 Å². The lowest BCUT2D eigenvalue weighted by Gasteiger charge is -2.56. The first-order chi connectivity index (χ1) is 19.0. The van der Waals surface area contributed by atoms with Crippen LogP contribution in [0.25, 0.3) is 0 Å². The quantitative estimate of drug-likeness (QED) is 0.163. The molecule has 6 heteroatoms. The molecule has 0 amide bonds. The van der Waals surface area contributed by atoms with Crippen molar-refractivity contribution in [3.63, 3.8) is 0 Å². The lowest BCUT2D eigenvalue weighted by atomic mass is 9.54. The molecule has 1 atom stereocenters. The molecular formula is C40H80O6. The van der Waals surface area contributed by atoms with Gasteiger partial charge in [0.15, 0.2) is 0 Å². The SMILES string of the molecule is C.C.C.C.CCC(C)(C)C(=O)OC(CC(C)C)CC(C)(C)OC(=O)C(C)(C)C.CCC(C)(C)C(=O)OC12CC3CC(CC(C3)C1)C2. The molecule has 4 saturated carbocycles. The molecule has 0 heterocycles. The summed E-state index contributed by atoms with van der Waals surface area (Å²) >= 11 is 0. The van der Waals surface area contributed by atoms with E-state index in [0.717, 1.165) is 56.3 Å². The van der Waals surface area contributed by atoms with Gasteiger partial charge in [-0.2, -0.15) is 0 Å². The summed E-state index contributed by atoms with van der Waals surface area (Å²) in [5, 5.41) is 0. The molecule has 0 aliphatic heterocycles. The van der Waals surface area contributed by atoms with Gasteiger partial charge in [-0.25, -0.2) is 0 Å². The first-order valence-corrected chi connectivity index (χ1v) is 16.7. The second-order valence-electron chi connectivity index (χ2n) is 17.2. The molecule has 0 saturated heterocycles. The summed E-state index contributed by atoms with van der Waals surface area (Å²) in [6, 6.07) is 0. The summed E-state index contributed by atoms with van der Waals surface area (Å²) in [6.07, 6.45) is 10.2. The smallest absolute Gasteiger partial charge is 0.312 e. The Hall–Kier alpha value is -1.59. The highest BCUT2D eigenvalue weighted by atomic mass is 16.6. The van der Waals surface area contributed by atoms with Gasteiger partial charge in [0.2, 0.25) is 0 Å². The second-order valence-corrected chi connectivity index (χ2v) is 17.2. The Morgan fingerprint density at radius 1 is 0.674 bits per heavy atom. The van der Waals surface area contributed by atoms with E-state index in [2.05, 4.69) is 20.8 Å². The Morgan fingerprint density at radius 3 is 1.41 bits per heavy atom. The van der Waals surface area contributed by atoms with E-state index in [-0.39, 0.29) is 64.7 Å². The van der Waals surface area contributed by atoms with Crippen LogP contribution in [0.15, 0.2) is 0 Å². The van der Waals surface area contributed by atoms with Gasteiger partial charge in [0.1, 0.15) is 17.3 Å². The van der Waals surface area contributed by atoms with Crippen molar-refractivity contribution >= 4 is 17.9 Å². The van der Waals surface area contributed by atoms with E-state index in [0.29, 0.717) is 12.3 Å². The van der Waals surface area contributed by atoms with E-state index in [4.69, 9.17) is 14.2 Å². The maximum Gasteiger partial charge on any atom is 0.312 e. The number of hydrogen-bond acceptors (Lipinski definition) is 6. The van der Waals surface area contributed by atoms with Crippen molar-refractivity contribution in [2.45, 2.75) is 201 Å². The zero-order valence-electron chi connectivity index (χ0n) is 29.4. The molecule has 4 fully saturated rings. The third kappa shape index (κ3) is 13.9. The molecule has 0 radical (unpaired) electrons. The highest BCUT2D eigenvalue weighted by molar-refractivity contribution is 5.77. The Morgan fingerprint density at radius 2 is 1.07 bits per heavy atom. The Kier molecular flexibility index (Phi) is 19.4. The van der Waals surface area contributed by atoms with Gasteiger partial charge in [0, 0.05) is 6.42 Å². The summed E-state index contributed by atoms with van der Waals surface area (Å²) < 4.78 is 17.5. The molecule has 0 N–H and O–H groups in total. The fraction of sp³-hybridized carbons (Fsp3) is 0.925. The van der Waals surface area contributed by atoms with Crippen LogP contribution in [0.3, 0.4) is 0 Å². The first-order valence-electron chi connectivity index (χ1n) is 16.7. The van der Waals surface area contributed by atoms with Gasteiger partial charge >= 0.3 is 17.9 Å². The summed E-state index contributed by atoms with van der Waals surface area (Å²) in [5.74, 6) is 2.52. The average Bonchev–Trinajstić information content (AvgIpc) is 2.81. The molecule has 4 aliphatic carbocycles. The summed E-state index contributed by atoms with van der Waals surface area (Å²) in [5.41, 5.74) is -2.12. The zero-order valence-corrected chi connectivity index (χ0v) is 29.4. The number of rotatable bonds is 11. The van der Waals surface area contributed by atoms with Crippen LogP contribution >= 0.6 is 0 Å². The number of ether oxygens (including phenoxy) is 3. The lowest BCUT2D eigenvalue weighted by Crippen LogP contribution is -2.53. The van der Waals surface area contributed by atoms with Crippen LogP contribution in [-0.4, -0.2) is 35.2 Å². The van der Waals surface area contributed by atoms with Crippen LogP contribution in [0.5, 0.6) is 0 Å². The standard InChI is InChI=1S/C20H38O4.C16H26O2.4CH4/c1-11-19(7,8)17(22)23-15(12-14(2)3)13-20(9,10)24-16(21)18(4,5)6;1-4-15(2,3)14(17)18-16-8-11-5-12(9-16)7-13(6-11)10-16;;;;/h14-15H,11-13H2,1-10H3;11-13H,4-10H2,1-3H3;4*1H4. The molecule has 0 aromatic carbocycles. The van der Waals surface area contributed by atoms with Gasteiger partial charge < -0.3 is 14.2 Å². The molecule has 4 rings (SSSR count). The van der Waals surface area contributed by atoms with Gasteiger partial charge in [0.25, 0.3) is 0 Å². The van der Waals surface area contributed by atoms with Gasteiger partial charge in [-0.1, -0.05) is 57.4 Å². The number of esters is 3. The zero-order chi connectivity index (χ0) is 32.3. The third-order valence-corrected chi connectivity index (χ3v) is 9.87. The normalized spacial score (nSPS) is 24.0. The van der Waals surface area contributed by atoms with Crippen LogP contribution < -0.4 is 0 Å². The van der Waals surface area contributed by atoms with E-state index >= 15 is 0 Å². The van der Waals surface area contributed by atoms with Gasteiger partial charge in [-0.3, -0.25) is 14.4 Å².